The lowest BCUT2D eigenvalue weighted by molar-refractivity contribution is -0.117. The fraction of sp³-hybridized carbons (Fsp3) is 0.357. The van der Waals surface area contributed by atoms with E-state index < -0.39 is 11.6 Å². The highest BCUT2D eigenvalue weighted by atomic mass is 19.2. The van der Waals surface area contributed by atoms with E-state index >= 15 is 0 Å². The molecule has 0 fully saturated rings. The molecular formula is C14H16F2N4O2. The number of rotatable bonds is 6. The maximum atomic E-state index is 13.1. The van der Waals surface area contributed by atoms with Crippen LogP contribution < -0.4 is 5.32 Å². The number of carbonyl (C=O) groups is 1. The molecule has 0 saturated heterocycles. The fourth-order valence-corrected chi connectivity index (χ4v) is 1.80. The molecular weight excluding hydrogens is 294 g/mol. The van der Waals surface area contributed by atoms with Gasteiger partial charge >= 0.3 is 0 Å². The summed E-state index contributed by atoms with van der Waals surface area (Å²) in [5, 5.41) is 6.25. The molecule has 0 radical (unpaired) electrons. The maximum Gasteiger partial charge on any atom is 0.240 e. The second-order valence-corrected chi connectivity index (χ2v) is 4.81. The Hall–Kier alpha value is -2.35. The van der Waals surface area contributed by atoms with Gasteiger partial charge in [-0.2, -0.15) is 4.98 Å². The molecule has 1 aromatic carbocycles. The smallest absolute Gasteiger partial charge is 0.240 e. The second kappa shape index (κ2) is 7.08. The van der Waals surface area contributed by atoms with Crippen molar-refractivity contribution < 1.29 is 18.1 Å². The molecule has 0 aliphatic heterocycles. The van der Waals surface area contributed by atoms with Crippen molar-refractivity contribution in [1.82, 2.24) is 15.0 Å². The van der Waals surface area contributed by atoms with Gasteiger partial charge in [-0.25, -0.2) is 8.78 Å². The zero-order valence-electron chi connectivity index (χ0n) is 12.3. The van der Waals surface area contributed by atoms with Crippen molar-refractivity contribution in [1.29, 1.82) is 0 Å². The third-order valence-corrected chi connectivity index (χ3v) is 2.85. The molecule has 0 unspecified atom stereocenters. The first-order valence-electron chi connectivity index (χ1n) is 6.73. The van der Waals surface area contributed by atoms with Crippen LogP contribution >= 0.6 is 0 Å². The first-order chi connectivity index (χ1) is 10.5. The van der Waals surface area contributed by atoms with Crippen molar-refractivity contribution >= 4 is 11.6 Å². The van der Waals surface area contributed by atoms with E-state index in [4.69, 9.17) is 4.52 Å². The number of benzene rings is 1. The summed E-state index contributed by atoms with van der Waals surface area (Å²) in [7, 11) is 1.71. The van der Waals surface area contributed by atoms with Crippen molar-refractivity contribution in [2.75, 3.05) is 18.9 Å². The zero-order chi connectivity index (χ0) is 16.1. The zero-order valence-corrected chi connectivity index (χ0v) is 12.3. The Morgan fingerprint density at radius 1 is 1.36 bits per heavy atom. The van der Waals surface area contributed by atoms with Gasteiger partial charge in [-0.3, -0.25) is 9.69 Å². The molecule has 2 rings (SSSR count). The van der Waals surface area contributed by atoms with Crippen molar-refractivity contribution in [3.05, 3.63) is 41.5 Å². The van der Waals surface area contributed by atoms with Crippen LogP contribution in [0.15, 0.2) is 22.7 Å². The van der Waals surface area contributed by atoms with Gasteiger partial charge in [0, 0.05) is 18.2 Å². The summed E-state index contributed by atoms with van der Waals surface area (Å²) < 4.78 is 30.9. The van der Waals surface area contributed by atoms with Gasteiger partial charge in [0.05, 0.1) is 13.1 Å². The fourth-order valence-electron chi connectivity index (χ4n) is 1.80. The number of hydrogen-bond acceptors (Lipinski definition) is 5. The summed E-state index contributed by atoms with van der Waals surface area (Å²) in [5.74, 6) is -1.30. The van der Waals surface area contributed by atoms with Gasteiger partial charge < -0.3 is 9.84 Å². The third kappa shape index (κ3) is 4.32. The van der Waals surface area contributed by atoms with Gasteiger partial charge in [-0.05, 0) is 19.2 Å². The molecule has 1 amide bonds. The number of hydrogen-bond donors (Lipinski definition) is 1. The number of nitrogens with one attached hydrogen (secondary N) is 1. The molecule has 22 heavy (non-hydrogen) atoms. The Morgan fingerprint density at radius 3 is 2.77 bits per heavy atom. The molecule has 1 heterocycles. The molecule has 118 valence electrons. The number of aryl methyl sites for hydroxylation is 1. The molecule has 2 aromatic rings. The summed E-state index contributed by atoms with van der Waals surface area (Å²) >= 11 is 0. The number of carbonyl (C=O) groups excluding carboxylic acids is 1. The molecule has 0 saturated carbocycles. The Bertz CT molecular complexity index is 660. The van der Waals surface area contributed by atoms with E-state index in [2.05, 4.69) is 15.5 Å². The summed E-state index contributed by atoms with van der Waals surface area (Å²) in [6.45, 7) is 2.27. The molecule has 0 aliphatic rings. The van der Waals surface area contributed by atoms with Crippen molar-refractivity contribution in [2.45, 2.75) is 19.9 Å². The largest absolute Gasteiger partial charge is 0.338 e. The average molecular weight is 310 g/mol. The molecule has 1 aromatic heterocycles. The van der Waals surface area contributed by atoms with Crippen LogP contribution in [0.3, 0.4) is 0 Å². The Morgan fingerprint density at radius 2 is 2.14 bits per heavy atom. The number of halogens is 2. The lowest BCUT2D eigenvalue weighted by Gasteiger charge is -2.13. The van der Waals surface area contributed by atoms with Crippen LogP contribution in [0.1, 0.15) is 18.6 Å². The quantitative estimate of drug-likeness (QED) is 0.883. The monoisotopic (exact) mass is 310 g/mol. The van der Waals surface area contributed by atoms with E-state index in [0.29, 0.717) is 24.7 Å². The minimum Gasteiger partial charge on any atom is -0.338 e. The van der Waals surface area contributed by atoms with Crippen LogP contribution in [0.4, 0.5) is 14.5 Å². The lowest BCUT2D eigenvalue weighted by atomic mass is 10.3. The van der Waals surface area contributed by atoms with Crippen LogP contribution in [-0.2, 0) is 17.8 Å². The SMILES string of the molecule is CCc1noc(CN(C)CC(=O)Nc2ccc(F)c(F)c2)n1. The highest BCUT2D eigenvalue weighted by molar-refractivity contribution is 5.92. The van der Waals surface area contributed by atoms with Crippen LogP contribution in [0.2, 0.25) is 0 Å². The topological polar surface area (TPSA) is 71.3 Å². The van der Waals surface area contributed by atoms with E-state index in [0.717, 1.165) is 12.1 Å². The highest BCUT2D eigenvalue weighted by Crippen LogP contribution is 2.13. The van der Waals surface area contributed by atoms with Gasteiger partial charge in [-0.1, -0.05) is 12.1 Å². The minimum atomic E-state index is -1.01. The average Bonchev–Trinajstić information content (AvgIpc) is 2.90. The summed E-state index contributed by atoms with van der Waals surface area (Å²) in [6, 6.07) is 3.18. The van der Waals surface area contributed by atoms with Gasteiger partial charge in [0.25, 0.3) is 0 Å². The molecule has 1 N–H and O–H groups in total. The number of aromatic nitrogens is 2. The molecule has 0 atom stereocenters. The van der Waals surface area contributed by atoms with E-state index in [1.165, 1.54) is 6.07 Å². The van der Waals surface area contributed by atoms with Crippen molar-refractivity contribution in [3.63, 3.8) is 0 Å². The molecule has 0 aliphatic carbocycles. The first-order valence-corrected chi connectivity index (χ1v) is 6.73. The van der Waals surface area contributed by atoms with Crippen molar-refractivity contribution in [2.24, 2.45) is 0 Å². The van der Waals surface area contributed by atoms with E-state index in [1.807, 2.05) is 6.92 Å². The first kappa shape index (κ1) is 16.0. The Balaban J connectivity index is 1.86. The van der Waals surface area contributed by atoms with Crippen LogP contribution in [0.25, 0.3) is 0 Å². The minimum absolute atomic E-state index is 0.0445. The number of anilines is 1. The van der Waals surface area contributed by atoms with Crippen LogP contribution in [-0.4, -0.2) is 34.5 Å². The predicted molar refractivity (Wildman–Crippen MR) is 75.0 cm³/mol. The third-order valence-electron chi connectivity index (χ3n) is 2.85. The number of nitrogens with zero attached hydrogens (tertiary/aromatic N) is 3. The Labute approximate surface area is 126 Å². The van der Waals surface area contributed by atoms with Gasteiger partial charge in [0.2, 0.25) is 11.8 Å². The lowest BCUT2D eigenvalue weighted by Crippen LogP contribution is -2.30. The van der Waals surface area contributed by atoms with Crippen molar-refractivity contribution in [3.8, 4) is 0 Å². The number of amides is 1. The van der Waals surface area contributed by atoms with Crippen LogP contribution in [0, 0.1) is 11.6 Å². The molecule has 0 spiro atoms. The molecule has 8 heteroatoms. The van der Waals surface area contributed by atoms with E-state index in [-0.39, 0.29) is 18.1 Å². The Kier molecular flexibility index (Phi) is 5.16. The second-order valence-electron chi connectivity index (χ2n) is 4.81. The predicted octanol–water partition coefficient (Wildman–Crippen LogP) is 1.98. The summed E-state index contributed by atoms with van der Waals surface area (Å²) in [4.78, 5) is 17.6. The van der Waals surface area contributed by atoms with Gasteiger partial charge in [-0.15, -0.1) is 0 Å². The standard InChI is InChI=1S/C14H16F2N4O2/c1-3-12-18-14(22-19-12)8-20(2)7-13(21)17-9-4-5-10(15)11(16)6-9/h4-6H,3,7-8H2,1-2H3,(H,17,21). The normalized spacial score (nSPS) is 11.0. The molecule has 0 bridgehead atoms. The number of likely N-dealkylation sites (N-methyl/N-ethyl adjacent to an activating group) is 1. The summed E-state index contributed by atoms with van der Waals surface area (Å²) in [5.41, 5.74) is 0.198. The van der Waals surface area contributed by atoms with Gasteiger partial charge in [0.15, 0.2) is 17.5 Å². The summed E-state index contributed by atoms with van der Waals surface area (Å²) in [6.07, 6.45) is 0.670. The van der Waals surface area contributed by atoms with E-state index in [9.17, 15) is 13.6 Å². The van der Waals surface area contributed by atoms with Gasteiger partial charge in [0.1, 0.15) is 0 Å². The maximum absolute atomic E-state index is 13.1. The van der Waals surface area contributed by atoms with E-state index in [1.54, 1.807) is 11.9 Å². The van der Waals surface area contributed by atoms with Crippen LogP contribution in [0.5, 0.6) is 0 Å². The molecule has 6 nitrogen and oxygen atoms in total. The highest BCUT2D eigenvalue weighted by Gasteiger charge is 2.12.